The highest BCUT2D eigenvalue weighted by atomic mass is 16.6. The lowest BCUT2D eigenvalue weighted by Crippen LogP contribution is -2.05. The van der Waals surface area contributed by atoms with Crippen LogP contribution in [0, 0.1) is 10.1 Å². The van der Waals surface area contributed by atoms with Gasteiger partial charge in [0, 0.05) is 6.07 Å². The molecule has 0 N–H and O–H groups in total. The standard InChI is InChI=1S/C11H13NO3/c1-15-11-7-9-5-3-2-4-8(9)6-10(11)12(13)14/h6-7H,2-5H2,1H3. The van der Waals surface area contributed by atoms with Crippen molar-refractivity contribution in [2.24, 2.45) is 0 Å². The molecule has 0 aliphatic heterocycles. The van der Waals surface area contributed by atoms with E-state index in [9.17, 15) is 10.1 Å². The fourth-order valence-corrected chi connectivity index (χ4v) is 2.06. The molecule has 0 heterocycles. The van der Waals surface area contributed by atoms with Crippen LogP contribution in [0.1, 0.15) is 24.0 Å². The second-order valence-corrected chi connectivity index (χ2v) is 3.76. The maximum atomic E-state index is 10.8. The minimum absolute atomic E-state index is 0.0816. The number of benzene rings is 1. The molecular formula is C11H13NO3. The van der Waals surface area contributed by atoms with E-state index in [4.69, 9.17) is 4.74 Å². The van der Waals surface area contributed by atoms with E-state index in [0.29, 0.717) is 5.75 Å². The third-order valence-electron chi connectivity index (χ3n) is 2.84. The quantitative estimate of drug-likeness (QED) is 0.553. The van der Waals surface area contributed by atoms with E-state index >= 15 is 0 Å². The number of fused-ring (bicyclic) bond motifs is 1. The van der Waals surface area contributed by atoms with Crippen LogP contribution in [-0.4, -0.2) is 12.0 Å². The molecule has 4 heteroatoms. The van der Waals surface area contributed by atoms with Gasteiger partial charge in [-0.3, -0.25) is 10.1 Å². The zero-order valence-corrected chi connectivity index (χ0v) is 8.66. The molecule has 80 valence electrons. The van der Waals surface area contributed by atoms with Crippen LogP contribution in [0.25, 0.3) is 0 Å². The van der Waals surface area contributed by atoms with Crippen molar-refractivity contribution in [3.63, 3.8) is 0 Å². The topological polar surface area (TPSA) is 52.4 Å². The Bertz CT molecular complexity index is 401. The number of hydrogen-bond acceptors (Lipinski definition) is 3. The smallest absolute Gasteiger partial charge is 0.311 e. The van der Waals surface area contributed by atoms with Crippen molar-refractivity contribution >= 4 is 5.69 Å². The molecule has 0 spiro atoms. The van der Waals surface area contributed by atoms with Crippen LogP contribution in [0.5, 0.6) is 5.75 Å². The second kappa shape index (κ2) is 3.88. The monoisotopic (exact) mass is 207 g/mol. The minimum atomic E-state index is -0.381. The summed E-state index contributed by atoms with van der Waals surface area (Å²) >= 11 is 0. The lowest BCUT2D eigenvalue weighted by Gasteiger charge is -2.16. The van der Waals surface area contributed by atoms with Crippen molar-refractivity contribution in [2.45, 2.75) is 25.7 Å². The Morgan fingerprint density at radius 3 is 2.40 bits per heavy atom. The Morgan fingerprint density at radius 1 is 1.27 bits per heavy atom. The van der Waals surface area contributed by atoms with Crippen molar-refractivity contribution in [2.75, 3.05) is 7.11 Å². The number of nitro benzene ring substituents is 1. The largest absolute Gasteiger partial charge is 0.490 e. The van der Waals surface area contributed by atoms with Gasteiger partial charge in [0.2, 0.25) is 0 Å². The zero-order valence-electron chi connectivity index (χ0n) is 8.66. The highest BCUT2D eigenvalue weighted by molar-refractivity contribution is 5.52. The van der Waals surface area contributed by atoms with E-state index in [-0.39, 0.29) is 10.6 Å². The minimum Gasteiger partial charge on any atom is -0.490 e. The molecule has 0 amide bonds. The molecule has 0 atom stereocenters. The van der Waals surface area contributed by atoms with E-state index in [1.54, 1.807) is 6.07 Å². The van der Waals surface area contributed by atoms with E-state index in [0.717, 1.165) is 31.2 Å². The van der Waals surface area contributed by atoms with E-state index in [1.807, 2.05) is 6.07 Å². The zero-order chi connectivity index (χ0) is 10.8. The van der Waals surface area contributed by atoms with Crippen LogP contribution in [0.4, 0.5) is 5.69 Å². The number of nitrogens with zero attached hydrogens (tertiary/aromatic N) is 1. The van der Waals surface area contributed by atoms with E-state index < -0.39 is 0 Å². The van der Waals surface area contributed by atoms with Gasteiger partial charge in [-0.2, -0.15) is 0 Å². The van der Waals surface area contributed by atoms with Gasteiger partial charge in [-0.05, 0) is 42.9 Å². The van der Waals surface area contributed by atoms with Gasteiger partial charge < -0.3 is 4.74 Å². The maximum absolute atomic E-state index is 10.8. The predicted molar refractivity (Wildman–Crippen MR) is 56.3 cm³/mol. The number of ether oxygens (including phenoxy) is 1. The summed E-state index contributed by atoms with van der Waals surface area (Å²) in [5.41, 5.74) is 2.38. The first-order valence-corrected chi connectivity index (χ1v) is 5.06. The van der Waals surface area contributed by atoms with E-state index in [1.165, 1.54) is 12.7 Å². The Labute approximate surface area is 88.0 Å². The first-order chi connectivity index (χ1) is 7.22. The summed E-state index contributed by atoms with van der Waals surface area (Å²) in [7, 11) is 1.47. The molecule has 0 aromatic heterocycles. The van der Waals surface area contributed by atoms with Gasteiger partial charge in [0.1, 0.15) is 0 Å². The Kier molecular flexibility index (Phi) is 2.58. The van der Waals surface area contributed by atoms with Gasteiger partial charge in [0.05, 0.1) is 12.0 Å². The molecule has 0 fully saturated rings. The van der Waals surface area contributed by atoms with Crippen LogP contribution in [-0.2, 0) is 12.8 Å². The van der Waals surface area contributed by atoms with Gasteiger partial charge in [-0.25, -0.2) is 0 Å². The molecule has 0 radical (unpaired) electrons. The number of nitro groups is 1. The Hall–Kier alpha value is -1.58. The number of aryl methyl sites for hydroxylation is 2. The SMILES string of the molecule is COc1cc2c(cc1[N+](=O)[O-])CCCC2. The average Bonchev–Trinajstić information content (AvgIpc) is 2.27. The summed E-state index contributed by atoms with van der Waals surface area (Å²) in [6.45, 7) is 0. The van der Waals surface area contributed by atoms with Crippen LogP contribution in [0.15, 0.2) is 12.1 Å². The van der Waals surface area contributed by atoms with Gasteiger partial charge in [0.25, 0.3) is 0 Å². The molecule has 2 rings (SSSR count). The summed E-state index contributed by atoms with van der Waals surface area (Å²) in [4.78, 5) is 10.4. The van der Waals surface area contributed by atoms with Crippen LogP contribution in [0.2, 0.25) is 0 Å². The van der Waals surface area contributed by atoms with Crippen molar-refractivity contribution in [3.05, 3.63) is 33.4 Å². The summed E-state index contributed by atoms with van der Waals surface area (Å²) in [6, 6.07) is 3.47. The third-order valence-corrected chi connectivity index (χ3v) is 2.84. The van der Waals surface area contributed by atoms with Crippen LogP contribution >= 0.6 is 0 Å². The third kappa shape index (κ3) is 1.79. The Balaban J connectivity index is 2.51. The van der Waals surface area contributed by atoms with E-state index in [2.05, 4.69) is 0 Å². The summed E-state index contributed by atoms with van der Waals surface area (Å²) in [5, 5.41) is 10.8. The second-order valence-electron chi connectivity index (χ2n) is 3.76. The molecule has 1 aromatic rings. The highest BCUT2D eigenvalue weighted by Gasteiger charge is 2.20. The van der Waals surface area contributed by atoms with Crippen molar-refractivity contribution in [3.8, 4) is 5.75 Å². The highest BCUT2D eigenvalue weighted by Crippen LogP contribution is 2.33. The molecular weight excluding hydrogens is 194 g/mol. The normalized spacial score (nSPS) is 14.5. The number of methoxy groups -OCH3 is 1. The fourth-order valence-electron chi connectivity index (χ4n) is 2.06. The van der Waals surface area contributed by atoms with Gasteiger partial charge in [-0.1, -0.05) is 0 Å². The summed E-state index contributed by atoms with van der Waals surface area (Å²) in [6.07, 6.45) is 4.23. The van der Waals surface area contributed by atoms with Crippen molar-refractivity contribution < 1.29 is 9.66 Å². The lowest BCUT2D eigenvalue weighted by molar-refractivity contribution is -0.385. The van der Waals surface area contributed by atoms with Gasteiger partial charge >= 0.3 is 5.69 Å². The Morgan fingerprint density at radius 2 is 1.87 bits per heavy atom. The van der Waals surface area contributed by atoms with Crippen LogP contribution in [0.3, 0.4) is 0 Å². The van der Waals surface area contributed by atoms with Gasteiger partial charge in [0.15, 0.2) is 5.75 Å². The fraction of sp³-hybridized carbons (Fsp3) is 0.455. The molecule has 0 unspecified atom stereocenters. The molecule has 1 aliphatic carbocycles. The molecule has 0 saturated carbocycles. The first-order valence-electron chi connectivity index (χ1n) is 5.06. The molecule has 4 nitrogen and oxygen atoms in total. The first kappa shape index (κ1) is 9.96. The molecule has 0 bridgehead atoms. The predicted octanol–water partition coefficient (Wildman–Crippen LogP) is 2.48. The van der Waals surface area contributed by atoms with Gasteiger partial charge in [-0.15, -0.1) is 0 Å². The van der Waals surface area contributed by atoms with Crippen molar-refractivity contribution in [1.82, 2.24) is 0 Å². The average molecular weight is 207 g/mol. The molecule has 1 aromatic carbocycles. The maximum Gasteiger partial charge on any atom is 0.311 e. The molecule has 15 heavy (non-hydrogen) atoms. The summed E-state index contributed by atoms with van der Waals surface area (Å²) < 4.78 is 5.03. The number of hydrogen-bond donors (Lipinski definition) is 0. The molecule has 1 aliphatic rings. The summed E-state index contributed by atoms with van der Waals surface area (Å²) in [5.74, 6) is 0.376. The van der Waals surface area contributed by atoms with Crippen molar-refractivity contribution in [1.29, 1.82) is 0 Å². The van der Waals surface area contributed by atoms with Crippen LogP contribution < -0.4 is 4.74 Å². The lowest BCUT2D eigenvalue weighted by atomic mass is 9.91. The molecule has 0 saturated heterocycles. The number of rotatable bonds is 2.